The van der Waals surface area contributed by atoms with Crippen LogP contribution < -0.4 is 14.4 Å². The third-order valence-corrected chi connectivity index (χ3v) is 11.1. The molecule has 40 heavy (non-hydrogen) atoms. The number of aryl methyl sites for hydroxylation is 1. The van der Waals surface area contributed by atoms with Crippen molar-refractivity contribution in [3.05, 3.63) is 72.3 Å². The number of nitrogens with zero attached hydrogens (tertiary/aromatic N) is 2. The highest BCUT2D eigenvalue weighted by Crippen LogP contribution is 2.31. The first-order valence-corrected chi connectivity index (χ1v) is 16.9. The molecule has 1 aliphatic heterocycles. The molecule has 0 unspecified atom stereocenters. The lowest BCUT2D eigenvalue weighted by atomic mass is 10.2. The highest BCUT2D eigenvalue weighted by molar-refractivity contribution is 7.98. The van der Waals surface area contributed by atoms with Gasteiger partial charge >= 0.3 is 0 Å². The smallest absolute Gasteiger partial charge is 0.264 e. The van der Waals surface area contributed by atoms with E-state index in [0.717, 1.165) is 34.0 Å². The van der Waals surface area contributed by atoms with Crippen molar-refractivity contribution in [1.82, 2.24) is 4.31 Å². The van der Waals surface area contributed by atoms with Gasteiger partial charge in [-0.05, 0) is 80.6 Å². The molecule has 0 bridgehead atoms. The van der Waals surface area contributed by atoms with Gasteiger partial charge in [-0.15, -0.1) is 11.8 Å². The minimum Gasteiger partial charge on any atom is -0.495 e. The molecular formula is C28H33N3O6S3. The molecule has 3 aromatic rings. The van der Waals surface area contributed by atoms with Crippen molar-refractivity contribution in [2.75, 3.05) is 42.6 Å². The number of amides is 1. The van der Waals surface area contributed by atoms with Gasteiger partial charge in [0.15, 0.2) is 0 Å². The summed E-state index contributed by atoms with van der Waals surface area (Å²) >= 11 is 1.49. The standard InChI is InChI=1S/C28H33N3O6S3/c1-21-7-10-23(11-8-21)31(39(33,34)25-14-12-24(38-3)13-15-25)20-28(32)29-22-9-16-26(37-2)27(19-22)40(35,36)30-17-5-4-6-18-30/h7-16,19H,4-6,17-18,20H2,1-3H3,(H,29,32). The van der Waals surface area contributed by atoms with E-state index in [0.29, 0.717) is 18.8 Å². The maximum atomic E-state index is 13.7. The third-order valence-electron chi connectivity index (χ3n) is 6.64. The molecule has 214 valence electrons. The molecule has 9 nitrogen and oxygen atoms in total. The molecule has 0 aliphatic carbocycles. The molecule has 3 aromatic carbocycles. The zero-order chi connectivity index (χ0) is 28.9. The Morgan fingerprint density at radius 1 is 0.950 bits per heavy atom. The maximum Gasteiger partial charge on any atom is 0.264 e. The van der Waals surface area contributed by atoms with E-state index >= 15 is 0 Å². The van der Waals surface area contributed by atoms with Crippen LogP contribution in [-0.2, 0) is 24.8 Å². The molecule has 1 amide bonds. The minimum absolute atomic E-state index is 0.0494. The maximum absolute atomic E-state index is 13.7. The zero-order valence-electron chi connectivity index (χ0n) is 22.7. The number of rotatable bonds is 10. The fourth-order valence-corrected chi connectivity index (χ4v) is 7.96. The van der Waals surface area contributed by atoms with Gasteiger partial charge in [0.25, 0.3) is 10.0 Å². The molecule has 1 heterocycles. The highest BCUT2D eigenvalue weighted by atomic mass is 32.2. The Morgan fingerprint density at radius 3 is 2.20 bits per heavy atom. The number of thioether (sulfide) groups is 1. The van der Waals surface area contributed by atoms with Crippen LogP contribution in [0, 0.1) is 6.92 Å². The van der Waals surface area contributed by atoms with E-state index in [4.69, 9.17) is 4.74 Å². The van der Waals surface area contributed by atoms with Gasteiger partial charge in [-0.3, -0.25) is 9.10 Å². The molecule has 1 aliphatic rings. The summed E-state index contributed by atoms with van der Waals surface area (Å²) in [5, 5.41) is 2.68. The van der Waals surface area contributed by atoms with Gasteiger partial charge in [0.05, 0.1) is 17.7 Å². The van der Waals surface area contributed by atoms with E-state index in [-0.39, 0.29) is 21.2 Å². The van der Waals surface area contributed by atoms with Crippen LogP contribution in [0.1, 0.15) is 24.8 Å². The molecule has 0 saturated carbocycles. The fourth-order valence-electron chi connectivity index (χ4n) is 4.43. The number of sulfonamides is 2. The van der Waals surface area contributed by atoms with Gasteiger partial charge in [0.2, 0.25) is 15.9 Å². The molecule has 1 saturated heterocycles. The molecule has 0 spiro atoms. The Bertz CT molecular complexity index is 1550. The van der Waals surface area contributed by atoms with Crippen molar-refractivity contribution in [2.45, 2.75) is 40.9 Å². The molecule has 0 atom stereocenters. The van der Waals surface area contributed by atoms with Crippen molar-refractivity contribution in [3.63, 3.8) is 0 Å². The lowest BCUT2D eigenvalue weighted by Crippen LogP contribution is -2.38. The van der Waals surface area contributed by atoms with Crippen LogP contribution in [0.25, 0.3) is 0 Å². The van der Waals surface area contributed by atoms with Gasteiger partial charge in [0.1, 0.15) is 17.2 Å². The molecular weight excluding hydrogens is 571 g/mol. The molecule has 1 fully saturated rings. The Hall–Kier alpha value is -3.06. The predicted molar refractivity (Wildman–Crippen MR) is 158 cm³/mol. The van der Waals surface area contributed by atoms with E-state index in [1.807, 2.05) is 13.2 Å². The first-order valence-electron chi connectivity index (χ1n) is 12.8. The van der Waals surface area contributed by atoms with Crippen molar-refractivity contribution < 1.29 is 26.4 Å². The number of hydrogen-bond donors (Lipinski definition) is 1. The normalized spacial score (nSPS) is 14.5. The summed E-state index contributed by atoms with van der Waals surface area (Å²) in [6.07, 6.45) is 4.43. The van der Waals surface area contributed by atoms with Crippen LogP contribution in [0.5, 0.6) is 5.75 Å². The Morgan fingerprint density at radius 2 is 1.60 bits per heavy atom. The van der Waals surface area contributed by atoms with Gasteiger partial charge in [0, 0.05) is 23.7 Å². The van der Waals surface area contributed by atoms with E-state index in [9.17, 15) is 21.6 Å². The van der Waals surface area contributed by atoms with Crippen LogP contribution in [0.4, 0.5) is 11.4 Å². The number of nitrogens with one attached hydrogen (secondary N) is 1. The van der Waals surface area contributed by atoms with Gasteiger partial charge in [-0.2, -0.15) is 4.31 Å². The predicted octanol–water partition coefficient (Wildman–Crippen LogP) is 4.73. The second-order valence-electron chi connectivity index (χ2n) is 9.40. The van der Waals surface area contributed by atoms with Crippen LogP contribution in [0.2, 0.25) is 0 Å². The third kappa shape index (κ3) is 6.63. The first kappa shape index (κ1) is 29.9. The van der Waals surface area contributed by atoms with Crippen LogP contribution in [0.3, 0.4) is 0 Å². The fraction of sp³-hybridized carbons (Fsp3) is 0.321. The first-order chi connectivity index (χ1) is 19.1. The number of anilines is 2. The van der Waals surface area contributed by atoms with Crippen molar-refractivity contribution in [3.8, 4) is 5.75 Å². The molecule has 0 aromatic heterocycles. The van der Waals surface area contributed by atoms with E-state index in [2.05, 4.69) is 5.32 Å². The second-order valence-corrected chi connectivity index (χ2v) is 14.0. The average molecular weight is 604 g/mol. The van der Waals surface area contributed by atoms with Gasteiger partial charge in [-0.25, -0.2) is 16.8 Å². The summed E-state index contributed by atoms with van der Waals surface area (Å²) in [4.78, 5) is 14.2. The highest BCUT2D eigenvalue weighted by Gasteiger charge is 2.30. The van der Waals surface area contributed by atoms with Crippen LogP contribution in [0.15, 0.2) is 81.4 Å². The minimum atomic E-state index is -4.10. The number of piperidine rings is 1. The molecule has 12 heteroatoms. The number of carbonyl (C=O) groups excluding carboxylic acids is 1. The summed E-state index contributed by atoms with van der Waals surface area (Å²) in [5.41, 5.74) is 1.49. The summed E-state index contributed by atoms with van der Waals surface area (Å²) in [5.74, 6) is -0.461. The Labute approximate surface area is 240 Å². The Balaban J connectivity index is 1.63. The monoisotopic (exact) mass is 603 g/mol. The van der Waals surface area contributed by atoms with Crippen molar-refractivity contribution >= 4 is 49.1 Å². The molecule has 1 N–H and O–H groups in total. The number of hydrogen-bond acceptors (Lipinski definition) is 7. The molecule has 4 rings (SSSR count). The number of carbonyl (C=O) groups is 1. The summed E-state index contributed by atoms with van der Waals surface area (Å²) in [6, 6.07) is 17.7. The molecule has 0 radical (unpaired) electrons. The lowest BCUT2D eigenvalue weighted by Gasteiger charge is -2.27. The summed E-state index contributed by atoms with van der Waals surface area (Å²) in [7, 11) is -6.56. The van der Waals surface area contributed by atoms with Crippen molar-refractivity contribution in [2.24, 2.45) is 0 Å². The van der Waals surface area contributed by atoms with Crippen LogP contribution >= 0.6 is 11.8 Å². The number of benzene rings is 3. The largest absolute Gasteiger partial charge is 0.495 e. The van der Waals surface area contributed by atoms with Crippen LogP contribution in [-0.4, -0.2) is 60.0 Å². The summed E-state index contributed by atoms with van der Waals surface area (Å²) in [6.45, 7) is 2.21. The number of methoxy groups -OCH3 is 1. The van der Waals surface area contributed by atoms with E-state index in [1.54, 1.807) is 36.4 Å². The lowest BCUT2D eigenvalue weighted by molar-refractivity contribution is -0.114. The van der Waals surface area contributed by atoms with Gasteiger partial charge < -0.3 is 10.1 Å². The van der Waals surface area contributed by atoms with E-state index in [1.165, 1.54) is 53.5 Å². The Kier molecular flexibility index (Phi) is 9.44. The topological polar surface area (TPSA) is 113 Å². The SMILES string of the molecule is COc1ccc(NC(=O)CN(c2ccc(C)cc2)S(=O)(=O)c2ccc(SC)cc2)cc1S(=O)(=O)N1CCCCC1. The van der Waals surface area contributed by atoms with Crippen molar-refractivity contribution in [1.29, 1.82) is 0 Å². The van der Waals surface area contributed by atoms with Gasteiger partial charge in [-0.1, -0.05) is 24.1 Å². The summed E-state index contributed by atoms with van der Waals surface area (Å²) < 4.78 is 61.9. The number of ether oxygens (including phenoxy) is 1. The quantitative estimate of drug-likeness (QED) is 0.333. The zero-order valence-corrected chi connectivity index (χ0v) is 25.1. The second kappa shape index (κ2) is 12.6. The van der Waals surface area contributed by atoms with E-state index < -0.39 is 32.5 Å². The average Bonchev–Trinajstić information content (AvgIpc) is 2.97.